The highest BCUT2D eigenvalue weighted by Crippen LogP contribution is 2.34. The molecule has 0 aromatic heterocycles. The number of aryl methyl sites for hydroxylation is 3. The predicted molar refractivity (Wildman–Crippen MR) is 121 cm³/mol. The second-order valence-electron chi connectivity index (χ2n) is 7.93. The molecule has 0 aliphatic carbocycles. The van der Waals surface area contributed by atoms with E-state index in [0.717, 1.165) is 33.0 Å². The molecule has 0 atom stereocenters. The summed E-state index contributed by atoms with van der Waals surface area (Å²) in [7, 11) is 0. The lowest BCUT2D eigenvalue weighted by molar-refractivity contribution is -0.128. The third kappa shape index (κ3) is 3.71. The summed E-state index contributed by atoms with van der Waals surface area (Å²) in [5.41, 5.74) is 4.94. The lowest BCUT2D eigenvalue weighted by atomic mass is 9.89. The molecule has 0 spiro atoms. The average Bonchev–Trinajstić information content (AvgIpc) is 2.75. The Hall–Kier alpha value is -3.11. The fraction of sp³-hybridized carbons (Fsp3) is 0.269. The minimum atomic E-state index is -0.154. The molecular formula is C26H27NO3. The second kappa shape index (κ2) is 8.33. The Balaban J connectivity index is 1.98. The topological polar surface area (TPSA) is 49.8 Å². The molecule has 1 heterocycles. The second-order valence-corrected chi connectivity index (χ2v) is 7.93. The summed E-state index contributed by atoms with van der Waals surface area (Å²) in [5.74, 6) is -0.128. The lowest BCUT2D eigenvalue weighted by Gasteiger charge is -2.29. The van der Waals surface area contributed by atoms with Gasteiger partial charge in [-0.3, -0.25) is 4.79 Å². The number of carbonyl (C=O) groups excluding carboxylic acids is 1. The quantitative estimate of drug-likeness (QED) is 0.380. The first-order valence-electron chi connectivity index (χ1n) is 10.3. The highest BCUT2D eigenvalue weighted by atomic mass is 16.5. The van der Waals surface area contributed by atoms with Crippen molar-refractivity contribution in [2.45, 2.75) is 20.8 Å². The number of fused-ring (bicyclic) bond motifs is 1. The van der Waals surface area contributed by atoms with Crippen LogP contribution >= 0.6 is 0 Å². The van der Waals surface area contributed by atoms with Crippen LogP contribution in [0, 0.1) is 20.8 Å². The molecule has 1 aliphatic heterocycles. The number of benzene rings is 3. The Kier molecular flexibility index (Phi) is 5.60. The Bertz CT molecular complexity index is 1110. The third-order valence-electron chi connectivity index (χ3n) is 5.72. The van der Waals surface area contributed by atoms with Gasteiger partial charge in [0.1, 0.15) is 5.76 Å². The fourth-order valence-corrected chi connectivity index (χ4v) is 4.39. The maximum absolute atomic E-state index is 13.7. The molecule has 1 aliphatic rings. The Morgan fingerprint density at radius 1 is 0.933 bits per heavy atom. The number of hydrogen-bond donors (Lipinski definition) is 1. The number of carbonyl (C=O) groups is 1. The van der Waals surface area contributed by atoms with E-state index in [9.17, 15) is 9.90 Å². The highest BCUT2D eigenvalue weighted by molar-refractivity contribution is 6.27. The van der Waals surface area contributed by atoms with Crippen LogP contribution in [-0.2, 0) is 9.53 Å². The van der Waals surface area contributed by atoms with Crippen LogP contribution < -0.4 is 0 Å². The summed E-state index contributed by atoms with van der Waals surface area (Å²) in [5, 5.41) is 13.5. The zero-order chi connectivity index (χ0) is 21.3. The average molecular weight is 402 g/mol. The maximum atomic E-state index is 13.7. The molecule has 154 valence electrons. The van der Waals surface area contributed by atoms with Gasteiger partial charge in [-0.15, -0.1) is 0 Å². The van der Waals surface area contributed by atoms with Crippen molar-refractivity contribution in [3.05, 3.63) is 82.4 Å². The number of rotatable bonds is 3. The number of hydrogen-bond acceptors (Lipinski definition) is 3. The number of ether oxygens (including phenoxy) is 1. The van der Waals surface area contributed by atoms with Crippen LogP contribution in [0.5, 0.6) is 0 Å². The smallest absolute Gasteiger partial charge is 0.258 e. The Labute approximate surface area is 177 Å². The fourth-order valence-electron chi connectivity index (χ4n) is 4.39. The molecule has 4 heteroatoms. The van der Waals surface area contributed by atoms with Crippen molar-refractivity contribution < 1.29 is 14.6 Å². The lowest BCUT2D eigenvalue weighted by Crippen LogP contribution is -2.41. The van der Waals surface area contributed by atoms with Crippen molar-refractivity contribution in [3.8, 4) is 0 Å². The van der Waals surface area contributed by atoms with Gasteiger partial charge < -0.3 is 14.7 Å². The van der Waals surface area contributed by atoms with E-state index < -0.39 is 0 Å². The number of aliphatic hydroxyl groups is 1. The van der Waals surface area contributed by atoms with Crippen molar-refractivity contribution in [2.75, 3.05) is 26.3 Å². The van der Waals surface area contributed by atoms with Crippen molar-refractivity contribution in [2.24, 2.45) is 0 Å². The van der Waals surface area contributed by atoms with E-state index in [1.54, 1.807) is 4.90 Å². The van der Waals surface area contributed by atoms with Gasteiger partial charge in [-0.05, 0) is 48.2 Å². The number of nitrogens with zero attached hydrogens (tertiary/aromatic N) is 1. The highest BCUT2D eigenvalue weighted by Gasteiger charge is 2.28. The number of morpholine rings is 1. The van der Waals surface area contributed by atoms with E-state index in [2.05, 4.69) is 12.1 Å². The van der Waals surface area contributed by atoms with Crippen LogP contribution in [0.15, 0.2) is 54.6 Å². The van der Waals surface area contributed by atoms with E-state index in [1.165, 1.54) is 0 Å². The summed E-state index contributed by atoms with van der Waals surface area (Å²) in [6.07, 6.45) is 0. The first kappa shape index (κ1) is 20.2. The molecule has 0 radical (unpaired) electrons. The van der Waals surface area contributed by atoms with Crippen LogP contribution in [0.3, 0.4) is 0 Å². The Morgan fingerprint density at radius 3 is 2.27 bits per heavy atom. The summed E-state index contributed by atoms with van der Waals surface area (Å²) in [6.45, 7) is 8.11. The van der Waals surface area contributed by atoms with Gasteiger partial charge in [-0.25, -0.2) is 0 Å². The number of aliphatic hydroxyl groups excluding tert-OH is 1. The minimum absolute atomic E-state index is 0.0262. The Morgan fingerprint density at radius 2 is 1.57 bits per heavy atom. The number of amides is 1. The molecule has 4 rings (SSSR count). The van der Waals surface area contributed by atoms with Crippen LogP contribution in [0.4, 0.5) is 0 Å². The molecule has 1 amide bonds. The normalized spacial score (nSPS) is 15.2. The zero-order valence-corrected chi connectivity index (χ0v) is 17.7. The molecule has 3 aromatic rings. The van der Waals surface area contributed by atoms with Crippen LogP contribution in [0.2, 0.25) is 0 Å². The van der Waals surface area contributed by atoms with Crippen molar-refractivity contribution in [3.63, 3.8) is 0 Å². The predicted octanol–water partition coefficient (Wildman–Crippen LogP) is 5.05. The van der Waals surface area contributed by atoms with Crippen LogP contribution in [0.25, 0.3) is 22.1 Å². The van der Waals surface area contributed by atoms with Gasteiger partial charge in [-0.1, -0.05) is 60.2 Å². The van der Waals surface area contributed by atoms with Crippen molar-refractivity contribution >= 4 is 28.0 Å². The van der Waals surface area contributed by atoms with Gasteiger partial charge in [-0.2, -0.15) is 0 Å². The van der Waals surface area contributed by atoms with Crippen LogP contribution in [0.1, 0.15) is 27.8 Å². The van der Waals surface area contributed by atoms with Gasteiger partial charge >= 0.3 is 0 Å². The minimum Gasteiger partial charge on any atom is -0.506 e. The van der Waals surface area contributed by atoms with E-state index in [1.807, 2.05) is 63.2 Å². The summed E-state index contributed by atoms with van der Waals surface area (Å²) in [6, 6.07) is 17.8. The molecule has 30 heavy (non-hydrogen) atoms. The summed E-state index contributed by atoms with van der Waals surface area (Å²) in [4.78, 5) is 15.5. The van der Waals surface area contributed by atoms with E-state index in [0.29, 0.717) is 37.4 Å². The first-order valence-corrected chi connectivity index (χ1v) is 10.3. The van der Waals surface area contributed by atoms with E-state index >= 15 is 0 Å². The van der Waals surface area contributed by atoms with Crippen molar-refractivity contribution in [1.82, 2.24) is 4.90 Å². The molecule has 3 aromatic carbocycles. The summed E-state index contributed by atoms with van der Waals surface area (Å²) >= 11 is 0. The largest absolute Gasteiger partial charge is 0.506 e. The molecule has 1 fully saturated rings. The molecule has 4 nitrogen and oxygen atoms in total. The molecule has 0 bridgehead atoms. The monoisotopic (exact) mass is 401 g/mol. The van der Waals surface area contributed by atoms with Gasteiger partial charge in [0.15, 0.2) is 0 Å². The molecule has 0 saturated carbocycles. The standard InChI is InChI=1S/C26H27NO3/c1-17-15-18(2)23(19(3)16-17)24(26(29)27-11-13-30-14-12-27)25(28)22-10-6-8-20-7-4-5-9-21(20)22/h4-10,15-16,28H,11-14H2,1-3H3/b25-24-. The third-order valence-corrected chi connectivity index (χ3v) is 5.72. The molecule has 1 saturated heterocycles. The summed E-state index contributed by atoms with van der Waals surface area (Å²) < 4.78 is 5.43. The van der Waals surface area contributed by atoms with E-state index in [4.69, 9.17) is 4.74 Å². The van der Waals surface area contributed by atoms with Gasteiger partial charge in [0, 0.05) is 18.7 Å². The zero-order valence-electron chi connectivity index (χ0n) is 17.7. The van der Waals surface area contributed by atoms with Crippen LogP contribution in [-0.4, -0.2) is 42.2 Å². The molecule has 0 unspecified atom stereocenters. The van der Waals surface area contributed by atoms with Crippen molar-refractivity contribution in [1.29, 1.82) is 0 Å². The van der Waals surface area contributed by atoms with Gasteiger partial charge in [0.2, 0.25) is 0 Å². The maximum Gasteiger partial charge on any atom is 0.258 e. The van der Waals surface area contributed by atoms with Gasteiger partial charge in [0.25, 0.3) is 5.91 Å². The SMILES string of the molecule is Cc1cc(C)c(/C(C(=O)N2CCOCC2)=C(/O)c2cccc3ccccc23)c(C)c1. The first-order chi connectivity index (χ1) is 14.5. The molecular weight excluding hydrogens is 374 g/mol. The van der Waals surface area contributed by atoms with Gasteiger partial charge in [0.05, 0.1) is 18.8 Å². The van der Waals surface area contributed by atoms with E-state index in [-0.39, 0.29) is 11.7 Å². The molecule has 1 N–H and O–H groups in total.